The van der Waals surface area contributed by atoms with Crippen LogP contribution in [-0.4, -0.2) is 29.3 Å². The number of rotatable bonds is 4. The van der Waals surface area contributed by atoms with E-state index in [1.54, 1.807) is 0 Å². The molecule has 16 heavy (non-hydrogen) atoms. The lowest BCUT2D eigenvalue weighted by Crippen LogP contribution is -2.32. The van der Waals surface area contributed by atoms with Crippen molar-refractivity contribution in [1.29, 1.82) is 0 Å². The van der Waals surface area contributed by atoms with Crippen molar-refractivity contribution >= 4 is 0 Å². The van der Waals surface area contributed by atoms with Crippen LogP contribution >= 0.6 is 0 Å². The molecule has 0 aliphatic carbocycles. The minimum atomic E-state index is 0.440. The van der Waals surface area contributed by atoms with Crippen LogP contribution in [0, 0.1) is 5.92 Å². The van der Waals surface area contributed by atoms with E-state index in [0.29, 0.717) is 11.8 Å². The molecule has 90 valence electrons. The van der Waals surface area contributed by atoms with E-state index in [0.717, 1.165) is 26.3 Å². The van der Waals surface area contributed by atoms with E-state index in [9.17, 15) is 0 Å². The molecule has 0 aromatic carbocycles. The van der Waals surface area contributed by atoms with E-state index in [2.05, 4.69) is 35.8 Å². The third-order valence-corrected chi connectivity index (χ3v) is 2.90. The first-order chi connectivity index (χ1) is 7.68. The van der Waals surface area contributed by atoms with E-state index in [-0.39, 0.29) is 0 Å². The van der Waals surface area contributed by atoms with Gasteiger partial charge in [-0.2, -0.15) is 0 Å². The van der Waals surface area contributed by atoms with Gasteiger partial charge < -0.3 is 14.6 Å². The summed E-state index contributed by atoms with van der Waals surface area (Å²) in [7, 11) is 2.06. The molecular formula is C12H21N3O. The number of hydrogen-bond donors (Lipinski definition) is 1. The van der Waals surface area contributed by atoms with E-state index in [1.165, 1.54) is 11.4 Å². The summed E-state index contributed by atoms with van der Waals surface area (Å²) in [5.41, 5.74) is 2.51. The Morgan fingerprint density at radius 1 is 1.62 bits per heavy atom. The number of imidazole rings is 1. The monoisotopic (exact) mass is 223 g/mol. The van der Waals surface area contributed by atoms with Gasteiger partial charge in [-0.15, -0.1) is 0 Å². The summed E-state index contributed by atoms with van der Waals surface area (Å²) in [6.07, 6.45) is 1.90. The molecule has 2 heterocycles. The molecule has 1 aromatic rings. The molecule has 1 aliphatic heterocycles. The average Bonchev–Trinajstić information content (AvgIpc) is 2.61. The van der Waals surface area contributed by atoms with Crippen LogP contribution in [0.15, 0.2) is 6.33 Å². The van der Waals surface area contributed by atoms with Crippen LogP contribution in [0.4, 0.5) is 0 Å². The molecule has 4 heteroatoms. The SMILES string of the molecule is CC(C)COC[C@@H]1CNCc2ncn(C)c21. The second-order valence-electron chi connectivity index (χ2n) is 4.95. The fourth-order valence-electron chi connectivity index (χ4n) is 2.19. The van der Waals surface area contributed by atoms with E-state index >= 15 is 0 Å². The Balaban J connectivity index is 1.98. The molecule has 4 nitrogen and oxygen atoms in total. The molecule has 0 fully saturated rings. The molecule has 1 atom stereocenters. The summed E-state index contributed by atoms with van der Waals surface area (Å²) < 4.78 is 7.86. The summed E-state index contributed by atoms with van der Waals surface area (Å²) in [5.74, 6) is 1.04. The molecule has 2 rings (SSSR count). The van der Waals surface area contributed by atoms with Gasteiger partial charge in [0, 0.05) is 38.4 Å². The molecule has 1 aliphatic rings. The minimum Gasteiger partial charge on any atom is -0.380 e. The van der Waals surface area contributed by atoms with E-state index in [4.69, 9.17) is 4.74 Å². The highest BCUT2D eigenvalue weighted by molar-refractivity contribution is 5.21. The van der Waals surface area contributed by atoms with Gasteiger partial charge in [-0.1, -0.05) is 13.8 Å². The molecule has 0 bridgehead atoms. The zero-order chi connectivity index (χ0) is 11.5. The number of nitrogens with one attached hydrogen (secondary N) is 1. The van der Waals surface area contributed by atoms with Gasteiger partial charge in [-0.3, -0.25) is 0 Å². The third kappa shape index (κ3) is 2.44. The highest BCUT2D eigenvalue weighted by Crippen LogP contribution is 2.22. The normalized spacial score (nSPS) is 20.1. The van der Waals surface area contributed by atoms with Crippen LogP contribution in [0.25, 0.3) is 0 Å². The van der Waals surface area contributed by atoms with Crippen LogP contribution in [0.5, 0.6) is 0 Å². The maximum absolute atomic E-state index is 5.73. The summed E-state index contributed by atoms with van der Waals surface area (Å²) in [6.45, 7) is 7.85. The Kier molecular flexibility index (Phi) is 3.61. The molecule has 0 radical (unpaired) electrons. The fraction of sp³-hybridized carbons (Fsp3) is 0.750. The van der Waals surface area contributed by atoms with Gasteiger partial charge in [-0.25, -0.2) is 4.98 Å². The molecule has 1 aromatic heterocycles. The van der Waals surface area contributed by atoms with Gasteiger partial charge in [0.2, 0.25) is 0 Å². The lowest BCUT2D eigenvalue weighted by molar-refractivity contribution is 0.0939. The number of aryl methyl sites for hydroxylation is 1. The fourth-order valence-corrected chi connectivity index (χ4v) is 2.19. The Morgan fingerprint density at radius 2 is 2.44 bits per heavy atom. The lowest BCUT2D eigenvalue weighted by Gasteiger charge is -2.24. The van der Waals surface area contributed by atoms with E-state index < -0.39 is 0 Å². The zero-order valence-electron chi connectivity index (χ0n) is 10.4. The van der Waals surface area contributed by atoms with Gasteiger partial charge in [0.05, 0.1) is 18.6 Å². The van der Waals surface area contributed by atoms with Crippen LogP contribution in [0.2, 0.25) is 0 Å². The Bertz CT molecular complexity index is 346. The standard InChI is InChI=1S/C12H21N3O/c1-9(2)6-16-7-10-4-13-5-11-12(10)15(3)8-14-11/h8-10,13H,4-7H2,1-3H3/t10-/m0/s1. The van der Waals surface area contributed by atoms with Gasteiger partial charge in [0.15, 0.2) is 0 Å². The van der Waals surface area contributed by atoms with Crippen LogP contribution in [0.1, 0.15) is 31.2 Å². The lowest BCUT2D eigenvalue weighted by atomic mass is 10.0. The predicted octanol–water partition coefficient (Wildman–Crippen LogP) is 1.28. The van der Waals surface area contributed by atoms with E-state index in [1.807, 2.05) is 6.33 Å². The largest absolute Gasteiger partial charge is 0.380 e. The van der Waals surface area contributed by atoms with Gasteiger partial charge in [0.1, 0.15) is 0 Å². The highest BCUT2D eigenvalue weighted by atomic mass is 16.5. The number of fused-ring (bicyclic) bond motifs is 1. The quantitative estimate of drug-likeness (QED) is 0.835. The molecule has 0 unspecified atom stereocenters. The van der Waals surface area contributed by atoms with Crippen LogP contribution in [0.3, 0.4) is 0 Å². The second-order valence-corrected chi connectivity index (χ2v) is 4.95. The predicted molar refractivity (Wildman–Crippen MR) is 63.3 cm³/mol. The van der Waals surface area contributed by atoms with Crippen molar-refractivity contribution in [2.24, 2.45) is 13.0 Å². The minimum absolute atomic E-state index is 0.440. The van der Waals surface area contributed by atoms with Gasteiger partial charge in [-0.05, 0) is 5.92 Å². The highest BCUT2D eigenvalue weighted by Gasteiger charge is 2.23. The van der Waals surface area contributed by atoms with Crippen molar-refractivity contribution in [1.82, 2.24) is 14.9 Å². The molecule has 1 N–H and O–H groups in total. The first-order valence-corrected chi connectivity index (χ1v) is 5.97. The molecule has 0 saturated heterocycles. The number of ether oxygens (including phenoxy) is 1. The summed E-state index contributed by atoms with van der Waals surface area (Å²) in [4.78, 5) is 4.39. The van der Waals surface area contributed by atoms with Crippen molar-refractivity contribution < 1.29 is 4.74 Å². The molecule has 0 spiro atoms. The second kappa shape index (κ2) is 4.97. The van der Waals surface area contributed by atoms with Crippen molar-refractivity contribution in [3.8, 4) is 0 Å². The Hall–Kier alpha value is -0.870. The summed E-state index contributed by atoms with van der Waals surface area (Å²) in [5, 5.41) is 3.39. The van der Waals surface area contributed by atoms with Crippen molar-refractivity contribution in [2.75, 3.05) is 19.8 Å². The zero-order valence-corrected chi connectivity index (χ0v) is 10.4. The number of hydrogen-bond acceptors (Lipinski definition) is 3. The first kappa shape index (κ1) is 11.6. The Labute approximate surface area is 97.0 Å². The van der Waals surface area contributed by atoms with Gasteiger partial charge >= 0.3 is 0 Å². The molecular weight excluding hydrogens is 202 g/mol. The third-order valence-electron chi connectivity index (χ3n) is 2.90. The van der Waals surface area contributed by atoms with Crippen molar-refractivity contribution in [3.05, 3.63) is 17.7 Å². The smallest absolute Gasteiger partial charge is 0.0949 e. The maximum atomic E-state index is 5.73. The topological polar surface area (TPSA) is 39.1 Å². The van der Waals surface area contributed by atoms with Crippen LogP contribution < -0.4 is 5.32 Å². The molecule has 0 saturated carbocycles. The summed E-state index contributed by atoms with van der Waals surface area (Å²) in [6, 6.07) is 0. The number of nitrogens with zero attached hydrogens (tertiary/aromatic N) is 2. The molecule has 0 amide bonds. The van der Waals surface area contributed by atoms with Crippen LogP contribution in [-0.2, 0) is 18.3 Å². The summed E-state index contributed by atoms with van der Waals surface area (Å²) >= 11 is 0. The van der Waals surface area contributed by atoms with Gasteiger partial charge in [0.25, 0.3) is 0 Å². The average molecular weight is 223 g/mol. The maximum Gasteiger partial charge on any atom is 0.0949 e. The first-order valence-electron chi connectivity index (χ1n) is 5.97. The van der Waals surface area contributed by atoms with Crippen molar-refractivity contribution in [3.63, 3.8) is 0 Å². The number of aromatic nitrogens is 2. The Morgan fingerprint density at radius 3 is 3.19 bits per heavy atom. The van der Waals surface area contributed by atoms with Crippen molar-refractivity contribution in [2.45, 2.75) is 26.3 Å².